The molecular formula is C15H21FN2O3. The van der Waals surface area contributed by atoms with Crippen LogP contribution in [0.4, 0.5) is 14.9 Å². The number of rotatable bonds is 4. The summed E-state index contributed by atoms with van der Waals surface area (Å²) in [5.41, 5.74) is -0.183. The first-order valence-corrected chi connectivity index (χ1v) is 6.69. The molecule has 0 spiro atoms. The number of benzene rings is 1. The van der Waals surface area contributed by atoms with Crippen molar-refractivity contribution in [2.75, 3.05) is 11.9 Å². The third-order valence-corrected chi connectivity index (χ3v) is 3.51. The van der Waals surface area contributed by atoms with Crippen LogP contribution in [0.1, 0.15) is 38.1 Å². The number of hydrogen-bond donors (Lipinski definition) is 3. The second-order valence-electron chi connectivity index (χ2n) is 6.10. The first-order chi connectivity index (χ1) is 9.61. The molecule has 21 heavy (non-hydrogen) atoms. The molecule has 0 aliphatic heterocycles. The van der Waals surface area contributed by atoms with Gasteiger partial charge in [0, 0.05) is 6.54 Å². The summed E-state index contributed by atoms with van der Waals surface area (Å²) in [6, 6.07) is 2.58. The summed E-state index contributed by atoms with van der Waals surface area (Å²) < 4.78 is 13.2. The van der Waals surface area contributed by atoms with Crippen LogP contribution in [-0.4, -0.2) is 23.7 Å². The number of carbonyl (C=O) groups excluding carboxylic acids is 1. The fraction of sp³-hybridized carbons (Fsp3) is 0.467. The third-order valence-electron chi connectivity index (χ3n) is 3.51. The van der Waals surface area contributed by atoms with Gasteiger partial charge in [0.1, 0.15) is 5.82 Å². The molecule has 1 aromatic carbocycles. The van der Waals surface area contributed by atoms with Crippen LogP contribution in [0.3, 0.4) is 0 Å². The SMILES string of the molecule is CC(CNC(=O)Nc1cc(F)ccc1C(=O)O)C(C)(C)C. The van der Waals surface area contributed by atoms with Crippen LogP contribution < -0.4 is 10.6 Å². The number of carboxylic acid groups (broad SMARTS) is 1. The minimum absolute atomic E-state index is 0.0400. The third kappa shape index (κ3) is 5.06. The van der Waals surface area contributed by atoms with Gasteiger partial charge in [-0.3, -0.25) is 0 Å². The zero-order chi connectivity index (χ0) is 16.2. The van der Waals surface area contributed by atoms with E-state index in [1.807, 2.05) is 6.92 Å². The summed E-state index contributed by atoms with van der Waals surface area (Å²) in [6.45, 7) is 8.63. The van der Waals surface area contributed by atoms with Crippen molar-refractivity contribution in [1.82, 2.24) is 5.32 Å². The zero-order valence-corrected chi connectivity index (χ0v) is 12.7. The minimum atomic E-state index is -1.23. The van der Waals surface area contributed by atoms with E-state index in [0.29, 0.717) is 6.54 Å². The van der Waals surface area contributed by atoms with Gasteiger partial charge in [-0.05, 0) is 29.5 Å². The van der Waals surface area contributed by atoms with Crippen LogP contribution >= 0.6 is 0 Å². The molecule has 0 heterocycles. The van der Waals surface area contributed by atoms with Gasteiger partial charge in [0.15, 0.2) is 0 Å². The van der Waals surface area contributed by atoms with Crippen molar-refractivity contribution in [1.29, 1.82) is 0 Å². The van der Waals surface area contributed by atoms with Crippen molar-refractivity contribution in [3.63, 3.8) is 0 Å². The monoisotopic (exact) mass is 296 g/mol. The molecule has 1 rings (SSSR count). The van der Waals surface area contributed by atoms with Crippen molar-refractivity contribution in [3.8, 4) is 0 Å². The Morgan fingerprint density at radius 1 is 1.33 bits per heavy atom. The topological polar surface area (TPSA) is 78.4 Å². The van der Waals surface area contributed by atoms with Gasteiger partial charge in [0.2, 0.25) is 0 Å². The summed E-state index contributed by atoms with van der Waals surface area (Å²) in [5.74, 6) is -1.61. The van der Waals surface area contributed by atoms with E-state index in [2.05, 4.69) is 31.4 Å². The molecule has 2 amide bonds. The lowest BCUT2D eigenvalue weighted by molar-refractivity contribution is 0.0698. The Hall–Kier alpha value is -2.11. The van der Waals surface area contributed by atoms with E-state index in [0.717, 1.165) is 18.2 Å². The zero-order valence-electron chi connectivity index (χ0n) is 12.7. The molecule has 0 radical (unpaired) electrons. The van der Waals surface area contributed by atoms with Crippen molar-refractivity contribution in [2.45, 2.75) is 27.7 Å². The highest BCUT2D eigenvalue weighted by molar-refractivity contribution is 5.99. The van der Waals surface area contributed by atoms with E-state index < -0.39 is 17.8 Å². The average Bonchev–Trinajstić information content (AvgIpc) is 2.34. The van der Waals surface area contributed by atoms with Crippen LogP contribution in [0.2, 0.25) is 0 Å². The number of carboxylic acids is 1. The van der Waals surface area contributed by atoms with E-state index in [4.69, 9.17) is 5.11 Å². The Balaban J connectivity index is 2.71. The van der Waals surface area contributed by atoms with Crippen molar-refractivity contribution in [3.05, 3.63) is 29.6 Å². The van der Waals surface area contributed by atoms with E-state index in [1.165, 1.54) is 0 Å². The van der Waals surface area contributed by atoms with Crippen LogP contribution in [0.5, 0.6) is 0 Å². The van der Waals surface area contributed by atoms with Crippen LogP contribution in [0.15, 0.2) is 18.2 Å². The first-order valence-electron chi connectivity index (χ1n) is 6.69. The molecule has 0 aliphatic carbocycles. The largest absolute Gasteiger partial charge is 0.478 e. The normalized spacial score (nSPS) is 12.6. The summed E-state index contributed by atoms with van der Waals surface area (Å²) >= 11 is 0. The van der Waals surface area contributed by atoms with Gasteiger partial charge in [0.25, 0.3) is 0 Å². The molecule has 6 heteroatoms. The smallest absolute Gasteiger partial charge is 0.337 e. The fourth-order valence-electron chi connectivity index (χ4n) is 1.52. The Bertz CT molecular complexity index is 538. The Morgan fingerprint density at radius 2 is 1.95 bits per heavy atom. The van der Waals surface area contributed by atoms with Crippen LogP contribution in [-0.2, 0) is 0 Å². The number of hydrogen-bond acceptors (Lipinski definition) is 2. The lowest BCUT2D eigenvalue weighted by atomic mass is 9.82. The molecule has 1 aromatic rings. The van der Waals surface area contributed by atoms with Gasteiger partial charge in [-0.25, -0.2) is 14.0 Å². The molecule has 0 fully saturated rings. The maximum atomic E-state index is 13.2. The highest BCUT2D eigenvalue weighted by Crippen LogP contribution is 2.24. The highest BCUT2D eigenvalue weighted by Gasteiger charge is 2.20. The molecule has 0 saturated heterocycles. The number of halogens is 1. The van der Waals surface area contributed by atoms with E-state index in [1.54, 1.807) is 0 Å². The molecule has 116 valence electrons. The maximum absolute atomic E-state index is 13.2. The molecule has 0 aliphatic rings. The van der Waals surface area contributed by atoms with Gasteiger partial charge in [0.05, 0.1) is 11.3 Å². The van der Waals surface area contributed by atoms with Gasteiger partial charge >= 0.3 is 12.0 Å². The summed E-state index contributed by atoms with van der Waals surface area (Å²) in [4.78, 5) is 22.8. The average molecular weight is 296 g/mol. The number of urea groups is 1. The van der Waals surface area contributed by atoms with Crippen molar-refractivity contribution < 1.29 is 19.1 Å². The molecule has 0 bridgehead atoms. The summed E-state index contributed by atoms with van der Waals surface area (Å²) in [6.07, 6.45) is 0. The molecule has 1 atom stereocenters. The van der Waals surface area contributed by atoms with Crippen molar-refractivity contribution in [2.24, 2.45) is 11.3 Å². The summed E-state index contributed by atoms with van der Waals surface area (Å²) in [5, 5.41) is 14.0. The van der Waals surface area contributed by atoms with E-state index in [9.17, 15) is 14.0 Å². The number of nitrogens with one attached hydrogen (secondary N) is 2. The van der Waals surface area contributed by atoms with Gasteiger partial charge in [-0.1, -0.05) is 27.7 Å². The summed E-state index contributed by atoms with van der Waals surface area (Å²) in [7, 11) is 0. The van der Waals surface area contributed by atoms with Crippen molar-refractivity contribution >= 4 is 17.7 Å². The number of amides is 2. The Morgan fingerprint density at radius 3 is 2.48 bits per heavy atom. The number of aromatic carboxylic acids is 1. The van der Waals surface area contributed by atoms with Crippen LogP contribution in [0, 0.1) is 17.2 Å². The molecule has 1 unspecified atom stereocenters. The van der Waals surface area contributed by atoms with E-state index in [-0.39, 0.29) is 22.6 Å². The number of anilines is 1. The standard InChI is InChI=1S/C15H21FN2O3/c1-9(15(2,3)4)8-17-14(21)18-12-7-10(16)5-6-11(12)13(19)20/h5-7,9H,8H2,1-4H3,(H,19,20)(H2,17,18,21). The minimum Gasteiger partial charge on any atom is -0.478 e. The predicted molar refractivity (Wildman–Crippen MR) is 79.0 cm³/mol. The van der Waals surface area contributed by atoms with Gasteiger partial charge in [-0.15, -0.1) is 0 Å². The molecular weight excluding hydrogens is 275 g/mol. The van der Waals surface area contributed by atoms with Crippen LogP contribution in [0.25, 0.3) is 0 Å². The van der Waals surface area contributed by atoms with Gasteiger partial charge < -0.3 is 15.7 Å². The highest BCUT2D eigenvalue weighted by atomic mass is 19.1. The lowest BCUT2D eigenvalue weighted by Gasteiger charge is -2.27. The quantitative estimate of drug-likeness (QED) is 0.797. The second-order valence-corrected chi connectivity index (χ2v) is 6.10. The molecule has 0 aromatic heterocycles. The first kappa shape index (κ1) is 16.9. The predicted octanol–water partition coefficient (Wildman–Crippen LogP) is 3.33. The number of carbonyl (C=O) groups is 2. The Kier molecular flexibility index (Phi) is 5.29. The molecule has 0 saturated carbocycles. The van der Waals surface area contributed by atoms with Gasteiger partial charge in [-0.2, -0.15) is 0 Å². The fourth-order valence-corrected chi connectivity index (χ4v) is 1.52. The lowest BCUT2D eigenvalue weighted by Crippen LogP contribution is -2.36. The van der Waals surface area contributed by atoms with E-state index >= 15 is 0 Å². The Labute approximate surface area is 123 Å². The second kappa shape index (κ2) is 6.56. The molecule has 3 N–H and O–H groups in total. The maximum Gasteiger partial charge on any atom is 0.337 e. The molecule has 5 nitrogen and oxygen atoms in total.